The number of amides is 1. The first-order valence-electron chi connectivity index (χ1n) is 6.04. The van der Waals surface area contributed by atoms with Crippen LogP contribution in [-0.2, 0) is 11.3 Å². The second-order valence-corrected chi connectivity index (χ2v) is 4.72. The monoisotopic (exact) mass is 233 g/mol. The van der Waals surface area contributed by atoms with Gasteiger partial charge in [0.2, 0.25) is 5.91 Å². The lowest BCUT2D eigenvalue weighted by molar-refractivity contribution is -0.136. The molecule has 1 atom stereocenters. The molecule has 1 amide bonds. The van der Waals surface area contributed by atoms with Gasteiger partial charge in [0, 0.05) is 19.2 Å². The number of aromatic nitrogens is 1. The van der Waals surface area contributed by atoms with Crippen molar-refractivity contribution in [3.63, 3.8) is 0 Å². The van der Waals surface area contributed by atoms with E-state index >= 15 is 0 Å². The number of carbonyl (C=O) groups excluding carboxylic acids is 1. The first kappa shape index (κ1) is 12.0. The molecule has 2 heterocycles. The molecule has 1 fully saturated rings. The molecular formula is C13H19N3O. The fourth-order valence-corrected chi connectivity index (χ4v) is 2.03. The van der Waals surface area contributed by atoms with Crippen LogP contribution in [0.1, 0.15) is 12.6 Å². The van der Waals surface area contributed by atoms with Crippen molar-refractivity contribution < 1.29 is 4.79 Å². The van der Waals surface area contributed by atoms with Crippen molar-refractivity contribution in [1.82, 2.24) is 15.2 Å². The normalized spacial score (nSPS) is 17.3. The molecule has 4 heteroatoms. The molecule has 1 aromatic rings. The van der Waals surface area contributed by atoms with Crippen molar-refractivity contribution in [1.29, 1.82) is 0 Å². The highest BCUT2D eigenvalue weighted by Crippen LogP contribution is 2.18. The topological polar surface area (TPSA) is 45.2 Å². The number of carbonyl (C=O) groups is 1. The van der Waals surface area contributed by atoms with Gasteiger partial charge in [-0.25, -0.2) is 0 Å². The smallest absolute Gasteiger partial charge is 0.225 e. The van der Waals surface area contributed by atoms with Gasteiger partial charge in [0.05, 0.1) is 12.2 Å². The minimum atomic E-state index is 0.102. The Morgan fingerprint density at radius 3 is 2.88 bits per heavy atom. The number of pyridine rings is 1. The summed E-state index contributed by atoms with van der Waals surface area (Å²) < 4.78 is 0. The Balaban J connectivity index is 1.90. The highest BCUT2D eigenvalue weighted by atomic mass is 16.2. The number of hydrogen-bond donors (Lipinski definition) is 1. The second kappa shape index (κ2) is 5.27. The van der Waals surface area contributed by atoms with Crippen LogP contribution in [0.4, 0.5) is 0 Å². The second-order valence-electron chi connectivity index (χ2n) is 4.72. The van der Waals surface area contributed by atoms with E-state index < -0.39 is 0 Å². The average molecular weight is 233 g/mol. The molecular weight excluding hydrogens is 214 g/mol. The van der Waals surface area contributed by atoms with Gasteiger partial charge < -0.3 is 10.2 Å². The lowest BCUT2D eigenvalue weighted by atomic mass is 9.88. The Bertz CT molecular complexity index is 376. The van der Waals surface area contributed by atoms with E-state index in [-0.39, 0.29) is 11.8 Å². The molecule has 0 aliphatic carbocycles. The lowest BCUT2D eigenvalue weighted by Crippen LogP contribution is -2.49. The summed E-state index contributed by atoms with van der Waals surface area (Å²) in [5, 5.41) is 3.20. The zero-order valence-corrected chi connectivity index (χ0v) is 10.4. The van der Waals surface area contributed by atoms with Crippen molar-refractivity contribution >= 4 is 5.91 Å². The van der Waals surface area contributed by atoms with Crippen LogP contribution in [0.5, 0.6) is 0 Å². The largest absolute Gasteiger partial charge is 0.340 e. The highest BCUT2D eigenvalue weighted by Gasteiger charge is 2.30. The molecule has 1 N–H and O–H groups in total. The molecule has 1 saturated heterocycles. The van der Waals surface area contributed by atoms with Gasteiger partial charge in [0.15, 0.2) is 0 Å². The van der Waals surface area contributed by atoms with E-state index in [4.69, 9.17) is 0 Å². The maximum absolute atomic E-state index is 12.2. The van der Waals surface area contributed by atoms with Gasteiger partial charge in [-0.1, -0.05) is 13.0 Å². The van der Waals surface area contributed by atoms with Crippen LogP contribution in [0.15, 0.2) is 24.4 Å². The van der Waals surface area contributed by atoms with E-state index in [0.717, 1.165) is 18.8 Å². The van der Waals surface area contributed by atoms with Gasteiger partial charge in [-0.05, 0) is 31.1 Å². The van der Waals surface area contributed by atoms with Gasteiger partial charge in [-0.3, -0.25) is 9.78 Å². The summed E-state index contributed by atoms with van der Waals surface area (Å²) in [6, 6.07) is 5.77. The third-order valence-corrected chi connectivity index (χ3v) is 3.41. The molecule has 17 heavy (non-hydrogen) atoms. The minimum Gasteiger partial charge on any atom is -0.340 e. The summed E-state index contributed by atoms with van der Waals surface area (Å²) in [7, 11) is 1.85. The van der Waals surface area contributed by atoms with E-state index in [9.17, 15) is 4.79 Å². The number of rotatable bonds is 4. The van der Waals surface area contributed by atoms with Gasteiger partial charge in [0.1, 0.15) is 0 Å². The van der Waals surface area contributed by atoms with Gasteiger partial charge in [-0.15, -0.1) is 0 Å². The van der Waals surface area contributed by atoms with Crippen LogP contribution < -0.4 is 5.32 Å². The van der Waals surface area contributed by atoms with Crippen molar-refractivity contribution in [3.05, 3.63) is 30.1 Å². The summed E-state index contributed by atoms with van der Waals surface area (Å²) in [4.78, 5) is 18.2. The third-order valence-electron chi connectivity index (χ3n) is 3.41. The molecule has 1 unspecified atom stereocenters. The van der Waals surface area contributed by atoms with E-state index in [1.54, 1.807) is 11.1 Å². The van der Waals surface area contributed by atoms with Crippen LogP contribution in [0.2, 0.25) is 0 Å². The predicted octanol–water partition coefficient (Wildman–Crippen LogP) is 0.895. The molecule has 0 aromatic carbocycles. The predicted molar refractivity (Wildman–Crippen MR) is 66.2 cm³/mol. The summed E-state index contributed by atoms with van der Waals surface area (Å²) in [6.45, 7) is 4.53. The summed E-state index contributed by atoms with van der Waals surface area (Å²) in [5.41, 5.74) is 0.933. The molecule has 92 valence electrons. The first-order valence-corrected chi connectivity index (χ1v) is 6.04. The molecule has 0 bridgehead atoms. The fraction of sp³-hybridized carbons (Fsp3) is 0.538. The highest BCUT2D eigenvalue weighted by molar-refractivity contribution is 5.78. The van der Waals surface area contributed by atoms with Crippen molar-refractivity contribution in [2.45, 2.75) is 13.5 Å². The molecule has 1 aliphatic rings. The zero-order valence-electron chi connectivity index (χ0n) is 10.4. The molecule has 1 aliphatic heterocycles. The van der Waals surface area contributed by atoms with Gasteiger partial charge >= 0.3 is 0 Å². The van der Waals surface area contributed by atoms with Crippen LogP contribution >= 0.6 is 0 Å². The van der Waals surface area contributed by atoms with Crippen molar-refractivity contribution in [2.24, 2.45) is 11.8 Å². The van der Waals surface area contributed by atoms with E-state index in [0.29, 0.717) is 12.5 Å². The molecule has 0 spiro atoms. The van der Waals surface area contributed by atoms with Crippen molar-refractivity contribution in [2.75, 3.05) is 20.1 Å². The summed E-state index contributed by atoms with van der Waals surface area (Å²) in [5.74, 6) is 0.806. The Morgan fingerprint density at radius 2 is 2.35 bits per heavy atom. The maximum atomic E-state index is 12.2. The Hall–Kier alpha value is -1.42. The molecule has 1 aromatic heterocycles. The summed E-state index contributed by atoms with van der Waals surface area (Å²) >= 11 is 0. The Labute approximate surface area is 102 Å². The fourth-order valence-electron chi connectivity index (χ4n) is 2.03. The molecule has 0 radical (unpaired) electrons. The quantitative estimate of drug-likeness (QED) is 0.840. The third kappa shape index (κ3) is 2.82. The standard InChI is InChI=1S/C13H19N3O/c1-10(11-7-14-8-11)13(17)16(2)9-12-5-3-4-6-15-12/h3-6,10-11,14H,7-9H2,1-2H3. The first-order chi connectivity index (χ1) is 8.18. The van der Waals surface area contributed by atoms with E-state index in [2.05, 4.69) is 10.3 Å². The number of nitrogens with zero attached hydrogens (tertiary/aromatic N) is 2. The SMILES string of the molecule is CC(C(=O)N(C)Cc1ccccn1)C1CNC1. The molecule has 4 nitrogen and oxygen atoms in total. The van der Waals surface area contributed by atoms with Crippen LogP contribution in [0, 0.1) is 11.8 Å². The average Bonchev–Trinajstić information content (AvgIpc) is 2.27. The Morgan fingerprint density at radius 1 is 1.59 bits per heavy atom. The van der Waals surface area contributed by atoms with Gasteiger partial charge in [0.25, 0.3) is 0 Å². The van der Waals surface area contributed by atoms with Gasteiger partial charge in [-0.2, -0.15) is 0 Å². The summed E-state index contributed by atoms with van der Waals surface area (Å²) in [6.07, 6.45) is 1.76. The number of hydrogen-bond acceptors (Lipinski definition) is 3. The molecule has 2 rings (SSSR count). The number of nitrogens with one attached hydrogen (secondary N) is 1. The van der Waals surface area contributed by atoms with Crippen LogP contribution in [0.25, 0.3) is 0 Å². The zero-order chi connectivity index (χ0) is 12.3. The van der Waals surface area contributed by atoms with E-state index in [1.165, 1.54) is 0 Å². The minimum absolute atomic E-state index is 0.102. The lowest BCUT2D eigenvalue weighted by Gasteiger charge is -2.33. The van der Waals surface area contributed by atoms with Crippen LogP contribution in [0.3, 0.4) is 0 Å². The van der Waals surface area contributed by atoms with Crippen molar-refractivity contribution in [3.8, 4) is 0 Å². The Kier molecular flexibility index (Phi) is 3.74. The maximum Gasteiger partial charge on any atom is 0.225 e. The van der Waals surface area contributed by atoms with E-state index in [1.807, 2.05) is 32.2 Å². The van der Waals surface area contributed by atoms with Crippen LogP contribution in [-0.4, -0.2) is 35.9 Å². The molecule has 0 saturated carbocycles.